The van der Waals surface area contributed by atoms with Gasteiger partial charge in [-0.3, -0.25) is 14.2 Å². The van der Waals surface area contributed by atoms with Crippen molar-refractivity contribution in [2.75, 3.05) is 13.7 Å². The molecule has 0 N–H and O–H groups in total. The number of carbonyl (C=O) groups is 1. The number of aromatic nitrogens is 2. The molecular weight excluding hydrogens is 448 g/mol. The van der Waals surface area contributed by atoms with Crippen LogP contribution in [0.4, 0.5) is 8.78 Å². The van der Waals surface area contributed by atoms with E-state index in [1.807, 2.05) is 6.92 Å². The second kappa shape index (κ2) is 9.50. The van der Waals surface area contributed by atoms with Crippen LogP contribution in [-0.4, -0.2) is 34.0 Å². The number of fused-ring (bicyclic) bond motifs is 1. The molecule has 170 valence electrons. The summed E-state index contributed by atoms with van der Waals surface area (Å²) in [6, 6.07) is 10.4. The molecule has 0 spiro atoms. The molecule has 9 heteroatoms. The topological polar surface area (TPSA) is 64.4 Å². The van der Waals surface area contributed by atoms with Gasteiger partial charge in [0, 0.05) is 24.0 Å². The zero-order valence-corrected chi connectivity index (χ0v) is 18.9. The van der Waals surface area contributed by atoms with E-state index in [2.05, 4.69) is 4.98 Å². The quantitative estimate of drug-likeness (QED) is 0.401. The molecule has 2 aromatic heterocycles. The molecule has 6 nitrogen and oxygen atoms in total. The maximum Gasteiger partial charge on any atom is 0.263 e. The number of amides is 1. The highest BCUT2D eigenvalue weighted by Crippen LogP contribution is 2.30. The second-order valence-electron chi connectivity index (χ2n) is 7.39. The molecule has 1 amide bonds. The van der Waals surface area contributed by atoms with E-state index in [9.17, 15) is 18.4 Å². The predicted molar refractivity (Wildman–Crippen MR) is 123 cm³/mol. The second-order valence-corrected chi connectivity index (χ2v) is 8.25. The highest BCUT2D eigenvalue weighted by molar-refractivity contribution is 7.17. The molecule has 33 heavy (non-hydrogen) atoms. The number of ether oxygens (including phenoxy) is 1. The van der Waals surface area contributed by atoms with Crippen LogP contribution in [0.5, 0.6) is 5.75 Å². The fourth-order valence-corrected chi connectivity index (χ4v) is 4.48. The minimum atomic E-state index is -0.504. The molecule has 0 saturated carbocycles. The van der Waals surface area contributed by atoms with E-state index in [0.29, 0.717) is 33.5 Å². The number of methoxy groups -OCH3 is 1. The molecule has 0 fully saturated rings. The zero-order valence-electron chi connectivity index (χ0n) is 18.0. The van der Waals surface area contributed by atoms with Gasteiger partial charge in [-0.1, -0.05) is 18.2 Å². The fourth-order valence-electron chi connectivity index (χ4n) is 3.57. The molecule has 4 rings (SSSR count). The Morgan fingerprint density at radius 3 is 2.61 bits per heavy atom. The van der Waals surface area contributed by atoms with Gasteiger partial charge in [0.25, 0.3) is 5.56 Å². The minimum Gasteiger partial charge on any atom is -0.494 e. The van der Waals surface area contributed by atoms with Gasteiger partial charge in [0.15, 0.2) is 11.6 Å². The van der Waals surface area contributed by atoms with E-state index < -0.39 is 5.82 Å². The third-order valence-electron chi connectivity index (χ3n) is 5.35. The summed E-state index contributed by atoms with van der Waals surface area (Å²) >= 11 is 1.31. The van der Waals surface area contributed by atoms with Gasteiger partial charge in [0.1, 0.15) is 17.2 Å². The number of halogens is 2. The maximum atomic E-state index is 14.0. The van der Waals surface area contributed by atoms with Crippen LogP contribution < -0.4 is 10.3 Å². The number of hydrogen-bond donors (Lipinski definition) is 0. The smallest absolute Gasteiger partial charge is 0.263 e. The van der Waals surface area contributed by atoms with Crippen LogP contribution in [0.2, 0.25) is 0 Å². The van der Waals surface area contributed by atoms with Crippen LogP contribution >= 0.6 is 11.3 Å². The van der Waals surface area contributed by atoms with E-state index in [0.717, 1.165) is 0 Å². The first-order valence-corrected chi connectivity index (χ1v) is 11.1. The molecule has 2 aromatic carbocycles. The summed E-state index contributed by atoms with van der Waals surface area (Å²) in [4.78, 5) is 32.6. The number of likely N-dealkylation sites (N-methyl/N-ethyl adjacent to an activating group) is 1. The lowest BCUT2D eigenvalue weighted by Gasteiger charge is -2.21. The van der Waals surface area contributed by atoms with Gasteiger partial charge in [-0.25, -0.2) is 13.8 Å². The van der Waals surface area contributed by atoms with E-state index in [-0.39, 0.29) is 36.1 Å². The van der Waals surface area contributed by atoms with Crippen molar-refractivity contribution < 1.29 is 18.3 Å². The Balaban J connectivity index is 1.59. The summed E-state index contributed by atoms with van der Waals surface area (Å²) in [5.41, 5.74) is 1.61. The average molecular weight is 470 g/mol. The van der Waals surface area contributed by atoms with Crippen LogP contribution in [0.25, 0.3) is 21.3 Å². The summed E-state index contributed by atoms with van der Waals surface area (Å²) in [5.74, 6) is -1.03. The molecule has 0 atom stereocenters. The number of nitrogens with zero attached hydrogens (tertiary/aromatic N) is 3. The van der Waals surface area contributed by atoms with Crippen molar-refractivity contribution in [3.8, 4) is 16.9 Å². The van der Waals surface area contributed by atoms with Gasteiger partial charge < -0.3 is 9.64 Å². The van der Waals surface area contributed by atoms with Crippen LogP contribution in [0.15, 0.2) is 59.0 Å². The van der Waals surface area contributed by atoms with Crippen molar-refractivity contribution in [1.29, 1.82) is 0 Å². The lowest BCUT2D eigenvalue weighted by molar-refractivity contribution is -0.132. The van der Waals surface area contributed by atoms with Crippen molar-refractivity contribution in [3.63, 3.8) is 0 Å². The molecule has 0 bridgehead atoms. The number of benzene rings is 2. The highest BCUT2D eigenvalue weighted by atomic mass is 32.1. The van der Waals surface area contributed by atoms with Crippen molar-refractivity contribution in [1.82, 2.24) is 14.5 Å². The third kappa shape index (κ3) is 4.63. The van der Waals surface area contributed by atoms with Crippen LogP contribution in [0.1, 0.15) is 12.5 Å². The first kappa shape index (κ1) is 22.6. The maximum absolute atomic E-state index is 14.0. The SMILES string of the molecule is CCN(Cc1ccc(OC)c(F)c1)C(=O)Cn1cnc2scc(-c3ccc(F)cc3)c2c1=O. The summed E-state index contributed by atoms with van der Waals surface area (Å²) < 4.78 is 33.5. The van der Waals surface area contributed by atoms with Gasteiger partial charge in [0.2, 0.25) is 5.91 Å². The van der Waals surface area contributed by atoms with Gasteiger partial charge in [0.05, 0.1) is 18.8 Å². The largest absolute Gasteiger partial charge is 0.494 e. The Morgan fingerprint density at radius 1 is 1.18 bits per heavy atom. The van der Waals surface area contributed by atoms with Crippen LogP contribution in [0, 0.1) is 11.6 Å². The Kier molecular flexibility index (Phi) is 6.50. The molecule has 0 unspecified atom stereocenters. The number of carbonyl (C=O) groups excluding carboxylic acids is 1. The van der Waals surface area contributed by atoms with Gasteiger partial charge in [-0.15, -0.1) is 11.3 Å². The molecule has 0 aliphatic rings. The molecule has 0 saturated heterocycles. The first-order valence-electron chi connectivity index (χ1n) is 10.2. The molecule has 0 aliphatic heterocycles. The number of thiophene rings is 1. The minimum absolute atomic E-state index is 0.131. The van der Waals surface area contributed by atoms with E-state index >= 15 is 0 Å². The van der Waals surface area contributed by atoms with E-state index in [1.54, 1.807) is 23.6 Å². The lowest BCUT2D eigenvalue weighted by atomic mass is 10.1. The first-order chi connectivity index (χ1) is 15.9. The number of hydrogen-bond acceptors (Lipinski definition) is 5. The Hall–Kier alpha value is -3.59. The van der Waals surface area contributed by atoms with E-state index in [4.69, 9.17) is 4.74 Å². The molecule has 4 aromatic rings. The molecule has 2 heterocycles. The van der Waals surface area contributed by atoms with Crippen molar-refractivity contribution in [3.05, 3.63) is 81.7 Å². The Morgan fingerprint density at radius 2 is 1.94 bits per heavy atom. The van der Waals surface area contributed by atoms with Crippen molar-refractivity contribution in [2.45, 2.75) is 20.0 Å². The monoisotopic (exact) mass is 469 g/mol. The normalized spacial score (nSPS) is 11.0. The third-order valence-corrected chi connectivity index (χ3v) is 6.23. The van der Waals surface area contributed by atoms with Crippen molar-refractivity contribution >= 4 is 27.5 Å². The lowest BCUT2D eigenvalue weighted by Crippen LogP contribution is -2.36. The molecular formula is C24H21F2N3O3S. The predicted octanol–water partition coefficient (Wildman–Crippen LogP) is 4.46. The van der Waals surface area contributed by atoms with Crippen LogP contribution in [-0.2, 0) is 17.9 Å². The van der Waals surface area contributed by atoms with E-state index in [1.165, 1.54) is 58.5 Å². The Bertz CT molecular complexity index is 1370. The molecule has 0 radical (unpaired) electrons. The van der Waals surface area contributed by atoms with Crippen LogP contribution in [0.3, 0.4) is 0 Å². The average Bonchev–Trinajstić information content (AvgIpc) is 3.25. The highest BCUT2D eigenvalue weighted by Gasteiger charge is 2.18. The van der Waals surface area contributed by atoms with Crippen molar-refractivity contribution in [2.24, 2.45) is 0 Å². The van der Waals surface area contributed by atoms with Gasteiger partial charge in [-0.05, 0) is 42.3 Å². The summed E-state index contributed by atoms with van der Waals surface area (Å²) in [6.07, 6.45) is 1.36. The summed E-state index contributed by atoms with van der Waals surface area (Å²) in [7, 11) is 1.39. The zero-order chi connectivity index (χ0) is 23.5. The fraction of sp³-hybridized carbons (Fsp3) is 0.208. The standard InChI is InChI=1S/C24H21F2N3O3S/c1-3-28(11-15-4-9-20(32-2)19(26)10-15)21(30)12-29-14-27-23-22(24(29)31)18(13-33-23)16-5-7-17(25)8-6-16/h4-10,13-14H,3,11-12H2,1-2H3. The van der Waals surface area contributed by atoms with Gasteiger partial charge >= 0.3 is 0 Å². The summed E-state index contributed by atoms with van der Waals surface area (Å²) in [5, 5.41) is 2.19. The van der Waals surface area contributed by atoms with Gasteiger partial charge in [-0.2, -0.15) is 0 Å². The number of rotatable bonds is 7. The Labute approximate surface area is 192 Å². The molecule has 0 aliphatic carbocycles. The summed E-state index contributed by atoms with van der Waals surface area (Å²) in [6.45, 7) is 2.19.